The molecule has 0 saturated carbocycles. The molecule has 0 spiro atoms. The number of hydrogen-bond acceptors (Lipinski definition) is 3. The monoisotopic (exact) mass is 562 g/mol. The number of hydrogen-bond donors (Lipinski definition) is 1. The molecule has 0 atom stereocenters. The van der Waals surface area contributed by atoms with Crippen molar-refractivity contribution in [2.75, 3.05) is 0 Å². The number of phenolic OH excluding ortho intramolecular Hbond substituents is 1. The topological polar surface area (TPSA) is 55.4 Å². The smallest absolute Gasteiger partial charge is 0.145 e. The van der Waals surface area contributed by atoms with Crippen LogP contribution in [0, 0.1) is 13.8 Å². The number of aryl methyl sites for hydroxylation is 2. The molecule has 212 valence electrons. The first-order chi connectivity index (χ1) is 20.7. The number of rotatable bonds is 4. The fourth-order valence-corrected chi connectivity index (χ4v) is 6.31. The lowest BCUT2D eigenvalue weighted by Gasteiger charge is -2.25. The SMILES string of the molecule is Cc1cccc(C)c1-c1c(-c2ccccc2O)nc2c(-c3cccc(-c4nc5ccccc5n4C(C)(C)C)c3)cccn12. The molecule has 0 aliphatic heterocycles. The number of para-hydroxylation sites is 3. The highest BCUT2D eigenvalue weighted by atomic mass is 16.3. The average molecular weight is 563 g/mol. The Balaban J connectivity index is 1.49. The summed E-state index contributed by atoms with van der Waals surface area (Å²) in [5.74, 6) is 1.15. The normalized spacial score (nSPS) is 11.9. The van der Waals surface area contributed by atoms with E-state index < -0.39 is 0 Å². The van der Waals surface area contributed by atoms with Crippen LogP contribution >= 0.6 is 0 Å². The molecule has 4 aromatic carbocycles. The molecular weight excluding hydrogens is 528 g/mol. The van der Waals surface area contributed by atoms with Crippen molar-refractivity contribution in [2.45, 2.75) is 40.2 Å². The van der Waals surface area contributed by atoms with Crippen LogP contribution < -0.4 is 0 Å². The molecule has 5 nitrogen and oxygen atoms in total. The maximum absolute atomic E-state index is 10.9. The Kier molecular flexibility index (Phi) is 6.21. The lowest BCUT2D eigenvalue weighted by molar-refractivity contribution is 0.413. The van der Waals surface area contributed by atoms with Crippen molar-refractivity contribution in [2.24, 2.45) is 0 Å². The molecular formula is C38H34N4O. The van der Waals surface area contributed by atoms with Crippen LogP contribution in [-0.4, -0.2) is 24.0 Å². The molecule has 0 saturated heterocycles. The van der Waals surface area contributed by atoms with Gasteiger partial charge in [0.25, 0.3) is 0 Å². The van der Waals surface area contributed by atoms with Gasteiger partial charge in [0.05, 0.1) is 16.7 Å². The fraction of sp³-hybridized carbons (Fsp3) is 0.158. The zero-order chi connectivity index (χ0) is 29.9. The Morgan fingerprint density at radius 2 is 1.35 bits per heavy atom. The van der Waals surface area contributed by atoms with Crippen molar-refractivity contribution in [3.05, 3.63) is 120 Å². The number of fused-ring (bicyclic) bond motifs is 2. The van der Waals surface area contributed by atoms with Gasteiger partial charge in [-0.1, -0.05) is 60.7 Å². The van der Waals surface area contributed by atoms with Gasteiger partial charge in [0.15, 0.2) is 0 Å². The predicted octanol–water partition coefficient (Wildman–Crippen LogP) is 9.43. The molecule has 0 unspecified atom stereocenters. The van der Waals surface area contributed by atoms with Gasteiger partial charge in [-0.25, -0.2) is 9.97 Å². The Hall–Kier alpha value is -5.16. The first kappa shape index (κ1) is 26.7. The van der Waals surface area contributed by atoms with E-state index in [0.29, 0.717) is 5.56 Å². The molecule has 0 fully saturated rings. The summed E-state index contributed by atoms with van der Waals surface area (Å²) < 4.78 is 4.50. The van der Waals surface area contributed by atoms with Crippen LogP contribution in [0.1, 0.15) is 31.9 Å². The highest BCUT2D eigenvalue weighted by molar-refractivity contribution is 5.91. The lowest BCUT2D eigenvalue weighted by atomic mass is 9.96. The minimum Gasteiger partial charge on any atom is -0.507 e. The number of phenols is 1. The third-order valence-corrected chi connectivity index (χ3v) is 8.19. The van der Waals surface area contributed by atoms with Crippen molar-refractivity contribution in [3.8, 4) is 50.8 Å². The first-order valence-corrected chi connectivity index (χ1v) is 14.7. The molecule has 0 aliphatic carbocycles. The van der Waals surface area contributed by atoms with Gasteiger partial charge in [-0.05, 0) is 93.8 Å². The van der Waals surface area contributed by atoms with E-state index >= 15 is 0 Å². The van der Waals surface area contributed by atoms with E-state index in [1.165, 1.54) is 0 Å². The summed E-state index contributed by atoms with van der Waals surface area (Å²) in [4.78, 5) is 10.3. The summed E-state index contributed by atoms with van der Waals surface area (Å²) in [6, 6.07) is 34.9. The van der Waals surface area contributed by atoms with Gasteiger partial charge < -0.3 is 9.67 Å². The van der Waals surface area contributed by atoms with E-state index in [9.17, 15) is 5.11 Å². The molecule has 3 aromatic heterocycles. The Bertz CT molecular complexity index is 2140. The molecule has 1 N–H and O–H groups in total. The third-order valence-electron chi connectivity index (χ3n) is 8.19. The van der Waals surface area contributed by atoms with Crippen molar-refractivity contribution >= 4 is 16.7 Å². The molecule has 0 amide bonds. The summed E-state index contributed by atoms with van der Waals surface area (Å²) in [5.41, 5.74) is 11.8. The van der Waals surface area contributed by atoms with E-state index in [2.05, 4.69) is 123 Å². The molecule has 3 heterocycles. The Labute approximate surface area is 251 Å². The number of aromatic nitrogens is 4. The number of pyridine rings is 1. The molecule has 0 bridgehead atoms. The van der Waals surface area contributed by atoms with Crippen molar-refractivity contribution < 1.29 is 5.11 Å². The molecule has 7 rings (SSSR count). The summed E-state index contributed by atoms with van der Waals surface area (Å²) in [5, 5.41) is 10.9. The van der Waals surface area contributed by atoms with Crippen molar-refractivity contribution in [1.29, 1.82) is 0 Å². The molecule has 7 aromatic rings. The van der Waals surface area contributed by atoms with Crippen LogP contribution in [-0.2, 0) is 5.54 Å². The lowest BCUT2D eigenvalue weighted by Crippen LogP contribution is -2.22. The summed E-state index contributed by atoms with van der Waals surface area (Å²) in [6.45, 7) is 10.9. The number of benzene rings is 4. The molecule has 43 heavy (non-hydrogen) atoms. The highest BCUT2D eigenvalue weighted by Gasteiger charge is 2.24. The second kappa shape index (κ2) is 9.99. The van der Waals surface area contributed by atoms with Gasteiger partial charge in [-0.3, -0.25) is 4.40 Å². The maximum atomic E-state index is 10.9. The fourth-order valence-electron chi connectivity index (χ4n) is 6.31. The van der Waals surface area contributed by atoms with E-state index in [1.54, 1.807) is 6.07 Å². The van der Waals surface area contributed by atoms with Crippen LogP contribution in [0.2, 0.25) is 0 Å². The predicted molar refractivity (Wildman–Crippen MR) is 176 cm³/mol. The Morgan fingerprint density at radius 3 is 2.12 bits per heavy atom. The van der Waals surface area contributed by atoms with E-state index in [0.717, 1.165) is 67.3 Å². The van der Waals surface area contributed by atoms with E-state index in [4.69, 9.17) is 9.97 Å². The van der Waals surface area contributed by atoms with Crippen LogP contribution in [0.3, 0.4) is 0 Å². The van der Waals surface area contributed by atoms with Crippen molar-refractivity contribution in [1.82, 2.24) is 18.9 Å². The van der Waals surface area contributed by atoms with Gasteiger partial charge in [0.1, 0.15) is 22.9 Å². The van der Waals surface area contributed by atoms with Crippen molar-refractivity contribution in [3.63, 3.8) is 0 Å². The average Bonchev–Trinajstić information content (AvgIpc) is 3.57. The standard InChI is InChI=1S/C38H34N4O/c1-24-13-10-14-25(2)33(24)35-34(29-17-6-9-21-32(29)43)40-37-28(18-12-22-41(35)37)26-15-11-16-27(23-26)36-39-30-19-7-8-20-31(30)42(36)38(3,4)5/h6-23,43H,1-5H3. The van der Waals surface area contributed by atoms with Gasteiger partial charge >= 0.3 is 0 Å². The second-order valence-corrected chi connectivity index (χ2v) is 12.2. The summed E-state index contributed by atoms with van der Waals surface area (Å²) in [7, 11) is 0. The highest BCUT2D eigenvalue weighted by Crippen LogP contribution is 2.42. The van der Waals surface area contributed by atoms with Gasteiger partial charge in [-0.15, -0.1) is 0 Å². The number of imidazole rings is 2. The molecule has 0 radical (unpaired) electrons. The third kappa shape index (κ3) is 4.40. The van der Waals surface area contributed by atoms with Gasteiger partial charge in [-0.2, -0.15) is 0 Å². The first-order valence-electron chi connectivity index (χ1n) is 14.7. The van der Waals surface area contributed by atoms with Crippen LogP contribution in [0.15, 0.2) is 109 Å². The number of aromatic hydroxyl groups is 1. The zero-order valence-electron chi connectivity index (χ0n) is 25.1. The molecule has 0 aliphatic rings. The minimum atomic E-state index is -0.155. The quantitative estimate of drug-likeness (QED) is 0.232. The van der Waals surface area contributed by atoms with Crippen LogP contribution in [0.4, 0.5) is 0 Å². The second-order valence-electron chi connectivity index (χ2n) is 12.2. The molecule has 5 heteroatoms. The summed E-state index contributed by atoms with van der Waals surface area (Å²) in [6.07, 6.45) is 2.07. The minimum absolute atomic E-state index is 0.155. The van der Waals surface area contributed by atoms with Crippen LogP contribution in [0.25, 0.3) is 61.7 Å². The Morgan fingerprint density at radius 1 is 0.674 bits per heavy atom. The zero-order valence-corrected chi connectivity index (χ0v) is 25.1. The van der Waals surface area contributed by atoms with Gasteiger partial charge in [0, 0.05) is 34.0 Å². The summed E-state index contributed by atoms with van der Waals surface area (Å²) >= 11 is 0. The number of nitrogens with zero attached hydrogens (tertiary/aromatic N) is 4. The van der Waals surface area contributed by atoms with E-state index in [1.807, 2.05) is 24.3 Å². The maximum Gasteiger partial charge on any atom is 0.145 e. The van der Waals surface area contributed by atoms with Gasteiger partial charge in [0.2, 0.25) is 0 Å². The van der Waals surface area contributed by atoms with E-state index in [-0.39, 0.29) is 11.3 Å². The largest absolute Gasteiger partial charge is 0.507 e. The van der Waals surface area contributed by atoms with Crippen LogP contribution in [0.5, 0.6) is 5.75 Å².